The summed E-state index contributed by atoms with van der Waals surface area (Å²) in [5.41, 5.74) is 0.476. The predicted molar refractivity (Wildman–Crippen MR) is 87.6 cm³/mol. The van der Waals surface area contributed by atoms with Gasteiger partial charge in [-0.3, -0.25) is 4.79 Å². The molecule has 0 bridgehead atoms. The van der Waals surface area contributed by atoms with Crippen LogP contribution in [0.2, 0.25) is 5.02 Å². The summed E-state index contributed by atoms with van der Waals surface area (Å²) in [4.78, 5) is 26.0. The summed E-state index contributed by atoms with van der Waals surface area (Å²) in [6, 6.07) is 6.97. The fraction of sp³-hybridized carbons (Fsp3) is 0.529. The Balaban J connectivity index is 1.92. The number of halogens is 1. The van der Waals surface area contributed by atoms with E-state index in [2.05, 4.69) is 0 Å². The molecule has 0 aliphatic carbocycles. The molecule has 0 aromatic heterocycles. The molecule has 1 heterocycles. The first-order chi connectivity index (χ1) is 11.0. The van der Waals surface area contributed by atoms with Crippen LogP contribution in [-0.4, -0.2) is 48.7 Å². The van der Waals surface area contributed by atoms with Crippen LogP contribution in [-0.2, 0) is 14.3 Å². The van der Waals surface area contributed by atoms with Gasteiger partial charge in [0.15, 0.2) is 0 Å². The predicted octanol–water partition coefficient (Wildman–Crippen LogP) is 2.91. The molecule has 1 atom stereocenters. The van der Waals surface area contributed by atoms with Crippen LogP contribution >= 0.6 is 11.6 Å². The van der Waals surface area contributed by atoms with Crippen molar-refractivity contribution in [2.24, 2.45) is 0 Å². The highest BCUT2D eigenvalue weighted by Gasteiger charge is 2.27. The lowest BCUT2D eigenvalue weighted by Gasteiger charge is -2.32. The number of carbonyl (C=O) groups is 2. The van der Waals surface area contributed by atoms with E-state index in [4.69, 9.17) is 21.1 Å². The van der Waals surface area contributed by atoms with E-state index in [9.17, 15) is 9.59 Å². The Bertz CT molecular complexity index is 561. The SMILES string of the molecule is CC(C)OCC(=O)OC1CCCN(C(=O)c2ccccc2Cl)C1. The van der Waals surface area contributed by atoms with Gasteiger partial charge in [-0.1, -0.05) is 23.7 Å². The second kappa shape index (κ2) is 8.31. The molecule has 1 aromatic carbocycles. The van der Waals surface area contributed by atoms with Crippen LogP contribution in [0.1, 0.15) is 37.0 Å². The third-order valence-corrected chi connectivity index (χ3v) is 3.93. The number of nitrogens with zero attached hydrogens (tertiary/aromatic N) is 1. The largest absolute Gasteiger partial charge is 0.459 e. The number of hydrogen-bond donors (Lipinski definition) is 0. The highest BCUT2D eigenvalue weighted by Crippen LogP contribution is 2.21. The highest BCUT2D eigenvalue weighted by atomic mass is 35.5. The number of rotatable bonds is 5. The van der Waals surface area contributed by atoms with Gasteiger partial charge in [0.2, 0.25) is 0 Å². The average molecular weight is 340 g/mol. The van der Waals surface area contributed by atoms with Gasteiger partial charge in [-0.15, -0.1) is 0 Å². The van der Waals surface area contributed by atoms with Crippen molar-refractivity contribution < 1.29 is 19.1 Å². The fourth-order valence-electron chi connectivity index (χ4n) is 2.48. The molecular formula is C17H22ClNO4. The first-order valence-electron chi connectivity index (χ1n) is 7.82. The van der Waals surface area contributed by atoms with Gasteiger partial charge < -0.3 is 14.4 Å². The molecule has 0 N–H and O–H groups in total. The molecule has 0 saturated carbocycles. The molecule has 1 amide bonds. The molecule has 0 radical (unpaired) electrons. The Kier molecular flexibility index (Phi) is 6.42. The topological polar surface area (TPSA) is 55.8 Å². The van der Waals surface area contributed by atoms with Crippen molar-refractivity contribution in [2.45, 2.75) is 38.9 Å². The maximum Gasteiger partial charge on any atom is 0.332 e. The van der Waals surface area contributed by atoms with E-state index in [-0.39, 0.29) is 24.7 Å². The zero-order chi connectivity index (χ0) is 16.8. The van der Waals surface area contributed by atoms with Crippen molar-refractivity contribution in [3.8, 4) is 0 Å². The Labute approximate surface area is 141 Å². The van der Waals surface area contributed by atoms with Gasteiger partial charge in [0.1, 0.15) is 12.7 Å². The quantitative estimate of drug-likeness (QED) is 0.774. The van der Waals surface area contributed by atoms with E-state index in [1.165, 1.54) is 0 Å². The minimum absolute atomic E-state index is 0.0211. The molecule has 23 heavy (non-hydrogen) atoms. The van der Waals surface area contributed by atoms with E-state index in [1.807, 2.05) is 13.8 Å². The van der Waals surface area contributed by atoms with Gasteiger partial charge >= 0.3 is 5.97 Å². The van der Waals surface area contributed by atoms with Gasteiger partial charge in [0, 0.05) is 6.54 Å². The molecule has 0 spiro atoms. The lowest BCUT2D eigenvalue weighted by Crippen LogP contribution is -2.44. The van der Waals surface area contributed by atoms with E-state index in [0.717, 1.165) is 12.8 Å². The minimum atomic E-state index is -0.393. The third-order valence-electron chi connectivity index (χ3n) is 3.60. The average Bonchev–Trinajstić information content (AvgIpc) is 2.53. The van der Waals surface area contributed by atoms with Crippen LogP contribution in [0.3, 0.4) is 0 Å². The lowest BCUT2D eigenvalue weighted by atomic mass is 10.1. The van der Waals surface area contributed by atoms with Gasteiger partial charge in [0.05, 0.1) is 23.2 Å². The summed E-state index contributed by atoms with van der Waals surface area (Å²) in [5.74, 6) is -0.523. The molecule has 5 nitrogen and oxygen atoms in total. The monoisotopic (exact) mass is 339 g/mol. The van der Waals surface area contributed by atoms with Gasteiger partial charge in [-0.2, -0.15) is 0 Å². The molecule has 6 heteroatoms. The number of carbonyl (C=O) groups excluding carboxylic acids is 2. The van der Waals surface area contributed by atoms with Crippen LogP contribution in [0.25, 0.3) is 0 Å². The summed E-state index contributed by atoms with van der Waals surface area (Å²) >= 11 is 6.08. The summed E-state index contributed by atoms with van der Waals surface area (Å²) in [6.45, 7) is 4.68. The number of ether oxygens (including phenoxy) is 2. The van der Waals surface area contributed by atoms with E-state index in [0.29, 0.717) is 23.7 Å². The lowest BCUT2D eigenvalue weighted by molar-refractivity contribution is -0.158. The Morgan fingerprint density at radius 1 is 1.35 bits per heavy atom. The molecule has 1 aliphatic rings. The molecular weight excluding hydrogens is 318 g/mol. The number of benzene rings is 1. The molecule has 1 unspecified atom stereocenters. The number of likely N-dealkylation sites (tertiary alicyclic amines) is 1. The number of amides is 1. The van der Waals surface area contributed by atoms with Crippen LogP contribution < -0.4 is 0 Å². The summed E-state index contributed by atoms with van der Waals surface area (Å²) in [5, 5.41) is 0.432. The second-order valence-electron chi connectivity index (χ2n) is 5.84. The molecule has 1 aliphatic heterocycles. The van der Waals surface area contributed by atoms with Crippen molar-refractivity contribution in [2.75, 3.05) is 19.7 Å². The molecule has 1 aromatic rings. The summed E-state index contributed by atoms with van der Waals surface area (Å²) in [6.07, 6.45) is 1.23. The summed E-state index contributed by atoms with van der Waals surface area (Å²) < 4.78 is 10.6. The van der Waals surface area contributed by atoms with Gasteiger partial charge in [0.25, 0.3) is 5.91 Å². The third kappa shape index (κ3) is 5.22. The van der Waals surface area contributed by atoms with Gasteiger partial charge in [-0.25, -0.2) is 4.79 Å². The maximum atomic E-state index is 12.5. The normalized spacial score (nSPS) is 18.1. The highest BCUT2D eigenvalue weighted by molar-refractivity contribution is 6.33. The van der Waals surface area contributed by atoms with Crippen LogP contribution in [0, 0.1) is 0 Å². The first-order valence-corrected chi connectivity index (χ1v) is 8.20. The molecule has 1 saturated heterocycles. The van der Waals surface area contributed by atoms with Crippen LogP contribution in [0.15, 0.2) is 24.3 Å². The molecule has 2 rings (SSSR count). The van der Waals surface area contributed by atoms with Crippen molar-refractivity contribution >= 4 is 23.5 Å². The molecule has 126 valence electrons. The van der Waals surface area contributed by atoms with E-state index in [1.54, 1.807) is 29.2 Å². The Morgan fingerprint density at radius 2 is 2.09 bits per heavy atom. The summed E-state index contributed by atoms with van der Waals surface area (Å²) in [7, 11) is 0. The van der Waals surface area contributed by atoms with Crippen LogP contribution in [0.4, 0.5) is 0 Å². The van der Waals surface area contributed by atoms with Gasteiger partial charge in [-0.05, 0) is 38.8 Å². The molecule has 1 fully saturated rings. The Morgan fingerprint density at radius 3 is 2.78 bits per heavy atom. The zero-order valence-corrected chi connectivity index (χ0v) is 14.2. The standard InChI is InChI=1S/C17H22ClNO4/c1-12(2)22-11-16(20)23-13-6-5-9-19(10-13)17(21)14-7-3-4-8-15(14)18/h3-4,7-8,12-13H,5-6,9-11H2,1-2H3. The van der Waals surface area contributed by atoms with Crippen LogP contribution in [0.5, 0.6) is 0 Å². The number of hydrogen-bond acceptors (Lipinski definition) is 4. The second-order valence-corrected chi connectivity index (χ2v) is 6.25. The smallest absolute Gasteiger partial charge is 0.332 e. The van der Waals surface area contributed by atoms with E-state index < -0.39 is 5.97 Å². The van der Waals surface area contributed by atoms with E-state index >= 15 is 0 Å². The Hall–Kier alpha value is -1.59. The van der Waals surface area contributed by atoms with Crippen molar-refractivity contribution in [1.82, 2.24) is 4.90 Å². The van der Waals surface area contributed by atoms with Crippen molar-refractivity contribution in [1.29, 1.82) is 0 Å². The minimum Gasteiger partial charge on any atom is -0.459 e. The first kappa shape index (κ1) is 17.8. The number of esters is 1. The fourth-order valence-corrected chi connectivity index (χ4v) is 2.70. The maximum absolute atomic E-state index is 12.5. The number of piperidine rings is 1. The van der Waals surface area contributed by atoms with Crippen molar-refractivity contribution in [3.05, 3.63) is 34.9 Å². The zero-order valence-electron chi connectivity index (χ0n) is 13.5. The van der Waals surface area contributed by atoms with Crippen molar-refractivity contribution in [3.63, 3.8) is 0 Å².